The van der Waals surface area contributed by atoms with Crippen LogP contribution in [0.3, 0.4) is 0 Å². The molecule has 0 atom stereocenters. The molecule has 102 valence electrons. The fourth-order valence-electron chi connectivity index (χ4n) is 2.30. The van der Waals surface area contributed by atoms with E-state index < -0.39 is 0 Å². The van der Waals surface area contributed by atoms with Gasteiger partial charge in [0.1, 0.15) is 0 Å². The molecule has 0 saturated carbocycles. The van der Waals surface area contributed by atoms with Crippen LogP contribution in [0, 0.1) is 11.3 Å². The minimum Gasteiger partial charge on any atom is -0.397 e. The zero-order valence-electron chi connectivity index (χ0n) is 11.4. The van der Waals surface area contributed by atoms with E-state index in [0.717, 1.165) is 22.2 Å². The molecule has 4 nitrogen and oxygen atoms in total. The van der Waals surface area contributed by atoms with E-state index in [1.54, 1.807) is 12.3 Å². The summed E-state index contributed by atoms with van der Waals surface area (Å²) in [5.74, 6) is 0. The number of nitriles is 1. The summed E-state index contributed by atoms with van der Waals surface area (Å²) in [5, 5.41) is 13.3. The van der Waals surface area contributed by atoms with Crippen LogP contribution in [0.5, 0.6) is 0 Å². The van der Waals surface area contributed by atoms with Gasteiger partial charge < -0.3 is 11.1 Å². The third-order valence-corrected chi connectivity index (χ3v) is 3.34. The summed E-state index contributed by atoms with van der Waals surface area (Å²) in [4.78, 5) is 4.32. The normalized spacial score (nSPS) is 10.2. The number of benzene rings is 2. The van der Waals surface area contributed by atoms with E-state index in [2.05, 4.69) is 16.4 Å². The van der Waals surface area contributed by atoms with Gasteiger partial charge in [-0.15, -0.1) is 0 Å². The molecule has 3 N–H and O–H groups in total. The van der Waals surface area contributed by atoms with Gasteiger partial charge in [0.05, 0.1) is 22.8 Å². The van der Waals surface area contributed by atoms with Gasteiger partial charge in [-0.25, -0.2) is 0 Å². The molecule has 0 aliphatic rings. The summed E-state index contributed by atoms with van der Waals surface area (Å²) in [5.41, 5.74) is 10.1. The van der Waals surface area contributed by atoms with Crippen molar-refractivity contribution < 1.29 is 0 Å². The molecule has 21 heavy (non-hydrogen) atoms. The fourth-order valence-corrected chi connectivity index (χ4v) is 2.30. The number of nitrogen functional groups attached to an aromatic ring is 1. The molecular formula is C17H14N4. The molecule has 0 radical (unpaired) electrons. The van der Waals surface area contributed by atoms with Gasteiger partial charge in [-0.05, 0) is 29.8 Å². The highest BCUT2D eigenvalue weighted by molar-refractivity contribution is 5.97. The zero-order chi connectivity index (χ0) is 14.7. The Balaban J connectivity index is 1.89. The molecule has 2 aromatic carbocycles. The van der Waals surface area contributed by atoms with Crippen molar-refractivity contribution in [2.45, 2.75) is 6.54 Å². The van der Waals surface area contributed by atoms with Gasteiger partial charge >= 0.3 is 0 Å². The van der Waals surface area contributed by atoms with Crippen molar-refractivity contribution in [3.05, 3.63) is 65.9 Å². The van der Waals surface area contributed by atoms with Crippen molar-refractivity contribution in [1.82, 2.24) is 4.98 Å². The third-order valence-electron chi connectivity index (χ3n) is 3.34. The van der Waals surface area contributed by atoms with Gasteiger partial charge in [0.2, 0.25) is 0 Å². The van der Waals surface area contributed by atoms with Crippen molar-refractivity contribution in [3.8, 4) is 6.07 Å². The van der Waals surface area contributed by atoms with Gasteiger partial charge in [0.25, 0.3) is 0 Å². The molecule has 3 rings (SSSR count). The van der Waals surface area contributed by atoms with Crippen LogP contribution in [-0.2, 0) is 6.54 Å². The van der Waals surface area contributed by atoms with Crippen LogP contribution < -0.4 is 11.1 Å². The zero-order valence-corrected chi connectivity index (χ0v) is 11.4. The van der Waals surface area contributed by atoms with Crippen LogP contribution in [0.25, 0.3) is 10.9 Å². The highest BCUT2D eigenvalue weighted by Crippen LogP contribution is 2.25. The number of nitrogens with two attached hydrogens (primary N) is 1. The Bertz CT molecular complexity index is 834. The first-order valence-electron chi connectivity index (χ1n) is 6.64. The van der Waals surface area contributed by atoms with E-state index in [1.807, 2.05) is 42.5 Å². The fraction of sp³-hybridized carbons (Fsp3) is 0.0588. The lowest BCUT2D eigenvalue weighted by atomic mass is 10.1. The average molecular weight is 274 g/mol. The molecular weight excluding hydrogens is 260 g/mol. The molecule has 4 heteroatoms. The highest BCUT2D eigenvalue weighted by Gasteiger charge is 2.04. The van der Waals surface area contributed by atoms with Crippen molar-refractivity contribution in [3.63, 3.8) is 0 Å². The number of nitrogens with one attached hydrogen (secondary N) is 1. The first-order valence-corrected chi connectivity index (χ1v) is 6.64. The molecule has 0 unspecified atom stereocenters. The van der Waals surface area contributed by atoms with Crippen LogP contribution in [-0.4, -0.2) is 4.98 Å². The summed E-state index contributed by atoms with van der Waals surface area (Å²) >= 11 is 0. The van der Waals surface area contributed by atoms with Crippen LogP contribution in [0.4, 0.5) is 11.4 Å². The molecule has 0 spiro atoms. The lowest BCUT2D eigenvalue weighted by molar-refractivity contribution is 1.15. The number of pyridine rings is 1. The van der Waals surface area contributed by atoms with Crippen molar-refractivity contribution >= 4 is 22.3 Å². The van der Waals surface area contributed by atoms with Crippen LogP contribution in [0.15, 0.2) is 54.7 Å². The molecule has 1 aromatic heterocycles. The third kappa shape index (κ3) is 2.63. The van der Waals surface area contributed by atoms with E-state index in [0.29, 0.717) is 17.8 Å². The molecule has 0 saturated heterocycles. The second-order valence-electron chi connectivity index (χ2n) is 4.77. The average Bonchev–Trinajstić information content (AvgIpc) is 2.53. The summed E-state index contributed by atoms with van der Waals surface area (Å²) in [6.07, 6.45) is 1.74. The Labute approximate surface area is 122 Å². The Morgan fingerprint density at radius 3 is 2.86 bits per heavy atom. The maximum absolute atomic E-state index is 8.93. The number of rotatable bonds is 3. The van der Waals surface area contributed by atoms with Gasteiger partial charge in [-0.3, -0.25) is 4.98 Å². The first-order chi connectivity index (χ1) is 10.3. The van der Waals surface area contributed by atoms with Crippen LogP contribution >= 0.6 is 0 Å². The first kappa shape index (κ1) is 12.9. The predicted octanol–water partition coefficient (Wildman–Crippen LogP) is 3.30. The lowest BCUT2D eigenvalue weighted by Crippen LogP contribution is -2.01. The van der Waals surface area contributed by atoms with Crippen LogP contribution in [0.2, 0.25) is 0 Å². The molecule has 0 bridgehead atoms. The van der Waals surface area contributed by atoms with Gasteiger partial charge in [0, 0.05) is 23.8 Å². The molecule has 1 heterocycles. The minimum absolute atomic E-state index is 0.642. The van der Waals surface area contributed by atoms with E-state index in [4.69, 9.17) is 11.0 Å². The number of para-hydroxylation sites is 1. The molecule has 0 amide bonds. The number of nitrogens with zero attached hydrogens (tertiary/aromatic N) is 2. The number of aromatic nitrogens is 1. The minimum atomic E-state index is 0.642. The van der Waals surface area contributed by atoms with Gasteiger partial charge in [-0.1, -0.05) is 24.3 Å². The maximum atomic E-state index is 8.93. The van der Waals surface area contributed by atoms with E-state index >= 15 is 0 Å². The monoisotopic (exact) mass is 274 g/mol. The maximum Gasteiger partial charge on any atom is 0.0991 e. The van der Waals surface area contributed by atoms with E-state index in [-0.39, 0.29) is 0 Å². The van der Waals surface area contributed by atoms with Crippen molar-refractivity contribution in [2.75, 3.05) is 11.1 Å². The smallest absolute Gasteiger partial charge is 0.0991 e. The number of hydrogen-bond acceptors (Lipinski definition) is 4. The summed E-state index contributed by atoms with van der Waals surface area (Å²) in [7, 11) is 0. The standard InChI is InChI=1S/C17H14N4/c18-10-12-3-1-4-13(9-12)11-21-16-7-8-20-17-14(16)5-2-6-15(17)19/h1-9H,11,19H2,(H,20,21). The predicted molar refractivity (Wildman–Crippen MR) is 84.6 cm³/mol. The van der Waals surface area contributed by atoms with Crippen molar-refractivity contribution in [1.29, 1.82) is 5.26 Å². The Morgan fingerprint density at radius 1 is 1.14 bits per heavy atom. The lowest BCUT2D eigenvalue weighted by Gasteiger charge is -2.10. The van der Waals surface area contributed by atoms with E-state index in [9.17, 15) is 0 Å². The summed E-state index contributed by atoms with van der Waals surface area (Å²) in [6.45, 7) is 0.642. The largest absolute Gasteiger partial charge is 0.397 e. The number of hydrogen-bond donors (Lipinski definition) is 2. The Kier molecular flexibility index (Phi) is 3.40. The van der Waals surface area contributed by atoms with E-state index in [1.165, 1.54) is 0 Å². The van der Waals surface area contributed by atoms with Gasteiger partial charge in [-0.2, -0.15) is 5.26 Å². The topological polar surface area (TPSA) is 74.7 Å². The quantitative estimate of drug-likeness (QED) is 0.718. The van der Waals surface area contributed by atoms with Crippen molar-refractivity contribution in [2.24, 2.45) is 0 Å². The second kappa shape index (κ2) is 5.51. The molecule has 0 aliphatic carbocycles. The Morgan fingerprint density at radius 2 is 2.00 bits per heavy atom. The molecule has 3 aromatic rings. The highest BCUT2D eigenvalue weighted by atomic mass is 14.9. The number of anilines is 2. The second-order valence-corrected chi connectivity index (χ2v) is 4.77. The number of fused-ring (bicyclic) bond motifs is 1. The molecule has 0 aliphatic heterocycles. The molecule has 0 fully saturated rings. The Hall–Kier alpha value is -3.06. The van der Waals surface area contributed by atoms with Gasteiger partial charge in [0.15, 0.2) is 0 Å². The SMILES string of the molecule is N#Cc1cccc(CNc2ccnc3c(N)cccc23)c1. The van der Waals surface area contributed by atoms with Crippen LogP contribution in [0.1, 0.15) is 11.1 Å². The summed E-state index contributed by atoms with van der Waals surface area (Å²) < 4.78 is 0. The summed E-state index contributed by atoms with van der Waals surface area (Å²) in [6, 6.07) is 17.4.